The Morgan fingerprint density at radius 2 is 1.90 bits per heavy atom. The molecule has 108 valence electrons. The van der Waals surface area contributed by atoms with Gasteiger partial charge < -0.3 is 15.7 Å². The summed E-state index contributed by atoms with van der Waals surface area (Å²) in [5.74, 6) is -3.93. The number of amides is 2. The van der Waals surface area contributed by atoms with Crippen molar-refractivity contribution >= 4 is 27.7 Å². The highest BCUT2D eigenvalue weighted by molar-refractivity contribution is 9.10. The lowest BCUT2D eigenvalue weighted by Crippen LogP contribution is -2.44. The van der Waals surface area contributed by atoms with E-state index in [0.29, 0.717) is 0 Å². The number of nitrogens with two attached hydrogens (primary N) is 1. The molecule has 0 aromatic heterocycles. The van der Waals surface area contributed by atoms with Gasteiger partial charge in [0.1, 0.15) is 23.2 Å². The zero-order chi connectivity index (χ0) is 15.0. The molecule has 1 heterocycles. The van der Waals surface area contributed by atoms with E-state index in [0.717, 1.165) is 17.0 Å². The summed E-state index contributed by atoms with van der Waals surface area (Å²) in [7, 11) is 0. The molecular weight excluding hydrogens is 338 g/mol. The molecule has 2 amide bonds. The molecule has 0 saturated carbocycles. The second kappa shape index (κ2) is 5.45. The number of carbonyl (C=O) groups excluding carboxylic acids is 2. The second-order valence-corrected chi connectivity index (χ2v) is 5.43. The van der Waals surface area contributed by atoms with Crippen LogP contribution in [0.25, 0.3) is 0 Å². The van der Waals surface area contributed by atoms with Gasteiger partial charge in [-0.2, -0.15) is 0 Å². The first-order valence-corrected chi connectivity index (χ1v) is 6.53. The fourth-order valence-electron chi connectivity index (χ4n) is 2.20. The lowest BCUT2D eigenvalue weighted by molar-refractivity contribution is -0.121. The van der Waals surface area contributed by atoms with Crippen LogP contribution in [0.5, 0.6) is 0 Å². The summed E-state index contributed by atoms with van der Waals surface area (Å²) >= 11 is 2.91. The van der Waals surface area contributed by atoms with Crippen LogP contribution in [0.3, 0.4) is 0 Å². The highest BCUT2D eigenvalue weighted by Crippen LogP contribution is 2.25. The van der Waals surface area contributed by atoms with Gasteiger partial charge in [0.25, 0.3) is 5.91 Å². The Bertz CT molecular complexity index is 559. The van der Waals surface area contributed by atoms with Crippen LogP contribution in [0.15, 0.2) is 16.6 Å². The number of likely N-dealkylation sites (tertiary alicyclic amines) is 1. The normalized spacial score (nSPS) is 22.1. The summed E-state index contributed by atoms with van der Waals surface area (Å²) in [6, 6.07) is 0.824. The topological polar surface area (TPSA) is 83.6 Å². The standard InChI is InChI=1S/C12H11BrF2N2O3/c13-5-1-7(14)10(8(15)2-5)12(20)17-4-6(18)3-9(17)11(16)19/h1-2,6,9,18H,3-4H2,(H2,16,19). The van der Waals surface area contributed by atoms with E-state index in [1.807, 2.05) is 0 Å². The molecule has 5 nitrogen and oxygen atoms in total. The molecule has 1 aliphatic heterocycles. The van der Waals surface area contributed by atoms with E-state index in [1.54, 1.807) is 0 Å². The molecule has 1 aromatic rings. The predicted octanol–water partition coefficient (Wildman–Crippen LogP) is 0.788. The number of halogens is 3. The number of hydrogen-bond donors (Lipinski definition) is 2. The van der Waals surface area contributed by atoms with E-state index >= 15 is 0 Å². The van der Waals surface area contributed by atoms with E-state index in [-0.39, 0.29) is 17.4 Å². The number of primary amides is 1. The second-order valence-electron chi connectivity index (χ2n) is 4.51. The maximum atomic E-state index is 13.7. The summed E-state index contributed by atoms with van der Waals surface area (Å²) < 4.78 is 27.6. The largest absolute Gasteiger partial charge is 0.391 e. The van der Waals surface area contributed by atoms with Gasteiger partial charge in [0.15, 0.2) is 0 Å². The fourth-order valence-corrected chi connectivity index (χ4v) is 2.60. The third kappa shape index (κ3) is 2.66. The molecule has 2 atom stereocenters. The van der Waals surface area contributed by atoms with Crippen LogP contribution in [0.4, 0.5) is 8.78 Å². The number of benzene rings is 1. The summed E-state index contributed by atoms with van der Waals surface area (Å²) in [5.41, 5.74) is 4.36. The first-order valence-electron chi connectivity index (χ1n) is 5.74. The summed E-state index contributed by atoms with van der Waals surface area (Å²) in [5, 5.41) is 9.50. The fraction of sp³-hybridized carbons (Fsp3) is 0.333. The molecule has 1 aromatic carbocycles. The third-order valence-electron chi connectivity index (χ3n) is 3.09. The molecule has 0 radical (unpaired) electrons. The first-order chi connectivity index (χ1) is 9.31. The average molecular weight is 349 g/mol. The number of aliphatic hydroxyl groups is 1. The maximum Gasteiger partial charge on any atom is 0.260 e. The first kappa shape index (κ1) is 14.9. The van der Waals surface area contributed by atoms with Crippen molar-refractivity contribution in [3.05, 3.63) is 33.8 Å². The third-order valence-corrected chi connectivity index (χ3v) is 3.55. The Morgan fingerprint density at radius 3 is 2.40 bits per heavy atom. The molecule has 0 bridgehead atoms. The molecule has 8 heteroatoms. The molecular formula is C12H11BrF2N2O3. The van der Waals surface area contributed by atoms with Crippen molar-refractivity contribution in [1.29, 1.82) is 0 Å². The molecule has 1 saturated heterocycles. The molecule has 3 N–H and O–H groups in total. The van der Waals surface area contributed by atoms with Gasteiger partial charge in [0, 0.05) is 17.4 Å². The van der Waals surface area contributed by atoms with Crippen molar-refractivity contribution in [1.82, 2.24) is 4.90 Å². The van der Waals surface area contributed by atoms with Gasteiger partial charge in [-0.05, 0) is 12.1 Å². The van der Waals surface area contributed by atoms with E-state index in [1.165, 1.54) is 0 Å². The van der Waals surface area contributed by atoms with Gasteiger partial charge in [-0.1, -0.05) is 15.9 Å². The minimum absolute atomic E-state index is 0.0408. The van der Waals surface area contributed by atoms with Gasteiger partial charge in [0.2, 0.25) is 5.91 Å². The van der Waals surface area contributed by atoms with Crippen LogP contribution < -0.4 is 5.73 Å². The van der Waals surface area contributed by atoms with Crippen LogP contribution in [-0.4, -0.2) is 40.5 Å². The minimum atomic E-state index is -1.07. The smallest absolute Gasteiger partial charge is 0.260 e. The highest BCUT2D eigenvalue weighted by Gasteiger charge is 2.39. The Labute approximate surface area is 121 Å². The van der Waals surface area contributed by atoms with Crippen LogP contribution in [0.2, 0.25) is 0 Å². The van der Waals surface area contributed by atoms with Crippen LogP contribution in [-0.2, 0) is 4.79 Å². The number of β-amino-alcohol motifs (C(OH)–C–C–N with tert-alkyl or cyclic N) is 1. The molecule has 2 unspecified atom stereocenters. The molecule has 1 fully saturated rings. The predicted molar refractivity (Wildman–Crippen MR) is 68.7 cm³/mol. The summed E-state index contributed by atoms with van der Waals surface area (Å²) in [4.78, 5) is 24.3. The van der Waals surface area contributed by atoms with Crippen molar-refractivity contribution in [2.75, 3.05) is 6.54 Å². The van der Waals surface area contributed by atoms with E-state index < -0.39 is 41.2 Å². The Morgan fingerprint density at radius 1 is 1.35 bits per heavy atom. The number of rotatable bonds is 2. The molecule has 0 spiro atoms. The lowest BCUT2D eigenvalue weighted by Gasteiger charge is -2.22. The average Bonchev–Trinajstić information content (AvgIpc) is 2.70. The van der Waals surface area contributed by atoms with E-state index in [2.05, 4.69) is 15.9 Å². The summed E-state index contributed by atoms with van der Waals surface area (Å²) in [6.07, 6.45) is -0.987. The Hall–Kier alpha value is -1.54. The van der Waals surface area contributed by atoms with Gasteiger partial charge in [0.05, 0.1) is 6.10 Å². The van der Waals surface area contributed by atoms with Crippen molar-refractivity contribution < 1.29 is 23.5 Å². The Balaban J connectivity index is 2.39. The van der Waals surface area contributed by atoms with E-state index in [4.69, 9.17) is 5.73 Å². The highest BCUT2D eigenvalue weighted by atomic mass is 79.9. The SMILES string of the molecule is NC(=O)C1CC(O)CN1C(=O)c1c(F)cc(Br)cc1F. The van der Waals surface area contributed by atoms with Crippen LogP contribution in [0, 0.1) is 11.6 Å². The number of nitrogens with zero attached hydrogens (tertiary/aromatic N) is 1. The van der Waals surface area contributed by atoms with Crippen molar-refractivity contribution in [2.24, 2.45) is 5.73 Å². The van der Waals surface area contributed by atoms with Crippen LogP contribution in [0.1, 0.15) is 16.8 Å². The molecule has 0 aliphatic carbocycles. The van der Waals surface area contributed by atoms with Crippen molar-refractivity contribution in [3.8, 4) is 0 Å². The number of hydrogen-bond acceptors (Lipinski definition) is 3. The van der Waals surface area contributed by atoms with Gasteiger partial charge in [-0.3, -0.25) is 9.59 Å². The zero-order valence-corrected chi connectivity index (χ0v) is 11.7. The number of aliphatic hydroxyl groups excluding tert-OH is 1. The van der Waals surface area contributed by atoms with Crippen LogP contribution >= 0.6 is 15.9 Å². The van der Waals surface area contributed by atoms with Crippen molar-refractivity contribution in [2.45, 2.75) is 18.6 Å². The van der Waals surface area contributed by atoms with Gasteiger partial charge >= 0.3 is 0 Å². The monoisotopic (exact) mass is 348 g/mol. The Kier molecular flexibility index (Phi) is 4.05. The molecule has 1 aliphatic rings. The summed E-state index contributed by atoms with van der Waals surface area (Å²) in [6.45, 7) is -0.193. The lowest BCUT2D eigenvalue weighted by atomic mass is 10.1. The van der Waals surface area contributed by atoms with Gasteiger partial charge in [-0.15, -0.1) is 0 Å². The van der Waals surface area contributed by atoms with Gasteiger partial charge in [-0.25, -0.2) is 8.78 Å². The molecule has 2 rings (SSSR count). The quantitative estimate of drug-likeness (QED) is 0.828. The zero-order valence-electron chi connectivity index (χ0n) is 10.1. The number of carbonyl (C=O) groups is 2. The maximum absolute atomic E-state index is 13.7. The van der Waals surface area contributed by atoms with E-state index in [9.17, 15) is 23.5 Å². The van der Waals surface area contributed by atoms with Crippen molar-refractivity contribution in [3.63, 3.8) is 0 Å². The molecule has 20 heavy (non-hydrogen) atoms. The minimum Gasteiger partial charge on any atom is -0.391 e.